The Kier molecular flexibility index (Phi) is 11.0. The highest BCUT2D eigenvalue weighted by Crippen LogP contribution is 2.10. The number of rotatable bonds is 12. The number of carbonyl (C=O) groups excluding carboxylic acids is 5. The van der Waals surface area contributed by atoms with Gasteiger partial charge in [-0.05, 0) is 72.8 Å². The van der Waals surface area contributed by atoms with E-state index in [1.807, 2.05) is 0 Å². The molecule has 0 aliphatic heterocycles. The molecule has 0 bridgehead atoms. The van der Waals surface area contributed by atoms with Gasteiger partial charge in [-0.15, -0.1) is 0 Å². The minimum absolute atomic E-state index is 0.0139. The van der Waals surface area contributed by atoms with Crippen molar-refractivity contribution >= 4 is 42.0 Å². The molecule has 3 aromatic carbocycles. The normalized spacial score (nSPS) is 10.1. The molecule has 0 spiro atoms. The zero-order valence-corrected chi connectivity index (χ0v) is 22.1. The number of aromatic carboxylic acids is 1. The predicted molar refractivity (Wildman–Crippen MR) is 141 cm³/mol. The van der Waals surface area contributed by atoms with Crippen molar-refractivity contribution in [1.29, 1.82) is 0 Å². The number of benzene rings is 3. The van der Waals surface area contributed by atoms with Crippen molar-refractivity contribution in [2.24, 2.45) is 0 Å². The second-order valence-electron chi connectivity index (χ2n) is 8.24. The summed E-state index contributed by atoms with van der Waals surface area (Å²) in [6.45, 7) is -1.05. The second-order valence-corrected chi connectivity index (χ2v) is 8.24. The summed E-state index contributed by atoms with van der Waals surface area (Å²) >= 11 is 0. The Morgan fingerprint density at radius 2 is 0.628 bits per heavy atom. The van der Waals surface area contributed by atoms with Crippen molar-refractivity contribution in [2.75, 3.05) is 26.4 Å². The lowest BCUT2D eigenvalue weighted by atomic mass is 10.1. The summed E-state index contributed by atoms with van der Waals surface area (Å²) in [5.41, 5.74) is 0.341. The molecule has 0 aromatic heterocycles. The molecule has 43 heavy (non-hydrogen) atoms. The van der Waals surface area contributed by atoms with Gasteiger partial charge in [0.2, 0.25) is 0 Å². The molecule has 2 N–H and O–H groups in total. The molecule has 0 atom stereocenters. The lowest BCUT2D eigenvalue weighted by molar-refractivity contribution is 0.0263. The molecule has 14 nitrogen and oxygen atoms in total. The Bertz CT molecular complexity index is 1510. The molecule has 0 saturated heterocycles. The molecule has 0 radical (unpaired) electrons. The first-order chi connectivity index (χ1) is 20.5. The summed E-state index contributed by atoms with van der Waals surface area (Å²) in [6, 6.07) is 15.2. The molecule has 0 aliphatic rings. The van der Waals surface area contributed by atoms with Crippen LogP contribution >= 0.6 is 0 Å². The van der Waals surface area contributed by atoms with Crippen LogP contribution in [0.3, 0.4) is 0 Å². The van der Waals surface area contributed by atoms with Gasteiger partial charge in [-0.1, -0.05) is 0 Å². The van der Waals surface area contributed by atoms with E-state index in [1.54, 1.807) is 0 Å². The lowest BCUT2D eigenvalue weighted by Crippen LogP contribution is -2.15. The van der Waals surface area contributed by atoms with Gasteiger partial charge in [0.15, 0.2) is 0 Å². The van der Waals surface area contributed by atoms with Crippen LogP contribution in [0, 0.1) is 0 Å². The minimum Gasteiger partial charge on any atom is -0.478 e. The number of carboxylic acids is 1. The molecular formula is C29H22O14. The van der Waals surface area contributed by atoms with E-state index in [1.165, 1.54) is 72.8 Å². The molecule has 0 aliphatic carbocycles. The van der Waals surface area contributed by atoms with Crippen LogP contribution in [-0.4, -0.2) is 78.6 Å². The molecule has 0 saturated carbocycles. The molecule has 0 unspecified atom stereocenters. The maximum atomic E-state index is 12.2. The standard InChI is InChI=1S/C29H22O14/c30-23(31)17-1-3-18(4-2-17)24(32)39-13-14-40-25(33)19-5-7-20(8-6-19)26(34)41-15-16-42-27(35)21-9-11-22(12-10-21)28(36)43-29(37)38/h1-12H,13-16H2,(H,30,31)(H,37,38). The molecule has 222 valence electrons. The van der Waals surface area contributed by atoms with Crippen molar-refractivity contribution in [3.63, 3.8) is 0 Å². The van der Waals surface area contributed by atoms with E-state index in [0.717, 1.165) is 0 Å². The first kappa shape index (κ1) is 31.5. The Balaban J connectivity index is 1.35. The van der Waals surface area contributed by atoms with Gasteiger partial charge in [-0.3, -0.25) is 0 Å². The quantitative estimate of drug-likeness (QED) is 0.134. The van der Waals surface area contributed by atoms with Gasteiger partial charge >= 0.3 is 42.0 Å². The zero-order chi connectivity index (χ0) is 31.4. The van der Waals surface area contributed by atoms with Crippen LogP contribution in [0.4, 0.5) is 4.79 Å². The molecule has 0 heterocycles. The first-order valence-corrected chi connectivity index (χ1v) is 12.2. The summed E-state index contributed by atoms with van der Waals surface area (Å²) < 4.78 is 24.0. The number of carbonyl (C=O) groups is 7. The molecule has 0 amide bonds. The van der Waals surface area contributed by atoms with E-state index < -0.39 is 42.0 Å². The Morgan fingerprint density at radius 3 is 0.860 bits per heavy atom. The average Bonchev–Trinajstić information content (AvgIpc) is 3.00. The Hall–Kier alpha value is -6.05. The Labute approximate surface area is 242 Å². The monoisotopic (exact) mass is 594 g/mol. The van der Waals surface area contributed by atoms with Gasteiger partial charge in [-0.25, -0.2) is 33.6 Å². The van der Waals surface area contributed by atoms with Crippen LogP contribution < -0.4 is 0 Å². The smallest absolute Gasteiger partial charge is 0.478 e. The van der Waals surface area contributed by atoms with E-state index in [-0.39, 0.29) is 59.8 Å². The number of esters is 5. The molecular weight excluding hydrogens is 572 g/mol. The van der Waals surface area contributed by atoms with Gasteiger partial charge in [0.1, 0.15) is 26.4 Å². The first-order valence-electron chi connectivity index (χ1n) is 12.2. The number of hydrogen-bond donors (Lipinski definition) is 2. The average molecular weight is 594 g/mol. The minimum atomic E-state index is -1.76. The highest BCUT2D eigenvalue weighted by molar-refractivity contribution is 5.97. The highest BCUT2D eigenvalue weighted by atomic mass is 16.7. The molecule has 14 heteroatoms. The molecule has 3 aromatic rings. The summed E-state index contributed by atoms with van der Waals surface area (Å²) in [4.78, 5) is 81.3. The molecule has 3 rings (SSSR count). The maximum Gasteiger partial charge on any atom is 0.513 e. The van der Waals surface area contributed by atoms with Gasteiger partial charge in [0.25, 0.3) is 0 Å². The van der Waals surface area contributed by atoms with Crippen LogP contribution in [0.25, 0.3) is 0 Å². The second kappa shape index (κ2) is 15.1. The van der Waals surface area contributed by atoms with Crippen molar-refractivity contribution in [2.45, 2.75) is 0 Å². The molecule has 0 fully saturated rings. The fourth-order valence-corrected chi connectivity index (χ4v) is 3.24. The lowest BCUT2D eigenvalue weighted by Gasteiger charge is -2.08. The van der Waals surface area contributed by atoms with Crippen LogP contribution in [0.5, 0.6) is 0 Å². The SMILES string of the molecule is O=C(O)OC(=O)c1ccc(C(=O)OCCOC(=O)c2ccc(C(=O)OCCOC(=O)c3ccc(C(=O)O)cc3)cc2)cc1. The third-order valence-electron chi connectivity index (χ3n) is 5.36. The zero-order valence-electron chi connectivity index (χ0n) is 22.1. The van der Waals surface area contributed by atoms with E-state index in [9.17, 15) is 33.6 Å². The third-order valence-corrected chi connectivity index (χ3v) is 5.36. The maximum absolute atomic E-state index is 12.2. The highest BCUT2D eigenvalue weighted by Gasteiger charge is 2.15. The number of hydrogen-bond acceptors (Lipinski definition) is 12. The van der Waals surface area contributed by atoms with Crippen molar-refractivity contribution in [3.05, 3.63) is 106 Å². The van der Waals surface area contributed by atoms with Gasteiger partial charge in [0, 0.05) is 0 Å². The topological polar surface area (TPSA) is 206 Å². The van der Waals surface area contributed by atoms with Crippen LogP contribution in [0.2, 0.25) is 0 Å². The van der Waals surface area contributed by atoms with Crippen molar-refractivity contribution in [3.8, 4) is 0 Å². The van der Waals surface area contributed by atoms with E-state index in [0.29, 0.717) is 0 Å². The van der Waals surface area contributed by atoms with Crippen molar-refractivity contribution < 1.29 is 67.5 Å². The largest absolute Gasteiger partial charge is 0.513 e. The van der Waals surface area contributed by atoms with E-state index in [4.69, 9.17) is 29.2 Å². The fraction of sp³-hybridized carbons (Fsp3) is 0.138. The Morgan fingerprint density at radius 1 is 0.395 bits per heavy atom. The van der Waals surface area contributed by atoms with Crippen molar-refractivity contribution in [1.82, 2.24) is 0 Å². The van der Waals surface area contributed by atoms with Crippen LogP contribution in [-0.2, 0) is 23.7 Å². The number of ether oxygens (including phenoxy) is 5. The predicted octanol–water partition coefficient (Wildman–Crippen LogP) is 3.25. The fourth-order valence-electron chi connectivity index (χ4n) is 3.24. The van der Waals surface area contributed by atoms with Gasteiger partial charge in [0.05, 0.1) is 33.4 Å². The summed E-state index contributed by atoms with van der Waals surface area (Å²) in [7, 11) is 0. The summed E-state index contributed by atoms with van der Waals surface area (Å²) in [6.07, 6.45) is -1.76. The third kappa shape index (κ3) is 9.53. The summed E-state index contributed by atoms with van der Waals surface area (Å²) in [5.74, 6) is -5.22. The van der Waals surface area contributed by atoms with E-state index >= 15 is 0 Å². The van der Waals surface area contributed by atoms with Crippen LogP contribution in [0.1, 0.15) is 62.1 Å². The number of carboxylic acid groups (broad SMARTS) is 2. The summed E-state index contributed by atoms with van der Waals surface area (Å²) in [5, 5.41) is 17.3. The van der Waals surface area contributed by atoms with Crippen LogP contribution in [0.15, 0.2) is 72.8 Å². The van der Waals surface area contributed by atoms with E-state index in [2.05, 4.69) is 4.74 Å². The van der Waals surface area contributed by atoms with Gasteiger partial charge < -0.3 is 33.9 Å². The van der Waals surface area contributed by atoms with Gasteiger partial charge in [-0.2, -0.15) is 0 Å².